The molecule has 0 aliphatic carbocycles. The Kier molecular flexibility index (Phi) is 5.78. The summed E-state index contributed by atoms with van der Waals surface area (Å²) >= 11 is 0. The third-order valence-corrected chi connectivity index (χ3v) is 7.78. The first-order chi connectivity index (χ1) is 16.7. The van der Waals surface area contributed by atoms with E-state index in [2.05, 4.69) is 10.0 Å². The molecule has 2 N–H and O–H groups in total. The molecule has 180 valence electrons. The van der Waals surface area contributed by atoms with Crippen molar-refractivity contribution in [2.45, 2.75) is 23.4 Å². The van der Waals surface area contributed by atoms with Crippen molar-refractivity contribution in [2.24, 2.45) is 0 Å². The molecule has 10 heteroatoms. The van der Waals surface area contributed by atoms with Gasteiger partial charge in [0.15, 0.2) is 0 Å². The van der Waals surface area contributed by atoms with Crippen molar-refractivity contribution in [1.82, 2.24) is 9.62 Å². The van der Waals surface area contributed by atoms with Crippen molar-refractivity contribution in [3.63, 3.8) is 0 Å². The highest BCUT2D eigenvalue weighted by atomic mass is 32.2. The maximum atomic E-state index is 13.5. The Balaban J connectivity index is 1.40. The summed E-state index contributed by atoms with van der Waals surface area (Å²) in [6.45, 7) is 0.0313. The molecule has 8 nitrogen and oxygen atoms in total. The average Bonchev–Trinajstić information content (AvgIpc) is 3.24. The summed E-state index contributed by atoms with van der Waals surface area (Å²) in [4.78, 5) is 27.7. The number of hydrogen-bond donors (Lipinski definition) is 2. The Morgan fingerprint density at radius 2 is 1.69 bits per heavy atom. The molecule has 0 spiro atoms. The molecule has 5 rings (SSSR count). The van der Waals surface area contributed by atoms with Gasteiger partial charge in [-0.15, -0.1) is 0 Å². The molecule has 3 aromatic carbocycles. The number of amides is 2. The fraction of sp³-hybridized carbons (Fsp3) is 0.200. The third kappa shape index (κ3) is 4.38. The molecule has 2 aliphatic heterocycles. The average molecular weight is 496 g/mol. The Bertz CT molecular complexity index is 1410. The Morgan fingerprint density at radius 3 is 2.37 bits per heavy atom. The number of anilines is 1. The number of benzene rings is 3. The van der Waals surface area contributed by atoms with Crippen LogP contribution in [-0.4, -0.2) is 50.9 Å². The highest BCUT2D eigenvalue weighted by Gasteiger charge is 2.44. The molecule has 2 heterocycles. The highest BCUT2D eigenvalue weighted by Crippen LogP contribution is 2.33. The number of fused-ring (bicyclic) bond motifs is 2. The normalized spacial score (nSPS) is 19.5. The summed E-state index contributed by atoms with van der Waals surface area (Å²) in [5, 5.41) is 2.80. The largest absolute Gasteiger partial charge is 0.497 e. The zero-order valence-corrected chi connectivity index (χ0v) is 19.5. The van der Waals surface area contributed by atoms with Gasteiger partial charge in [0.2, 0.25) is 15.9 Å². The number of sulfonamides is 1. The third-order valence-electron chi connectivity index (χ3n) is 6.24. The topological polar surface area (TPSA) is 105 Å². The number of carbonyl (C=O) groups is 2. The Hall–Kier alpha value is -3.76. The van der Waals surface area contributed by atoms with Gasteiger partial charge in [-0.2, -0.15) is 0 Å². The van der Waals surface area contributed by atoms with Crippen LogP contribution in [-0.2, 0) is 14.8 Å². The number of nitrogens with one attached hydrogen (secondary N) is 2. The summed E-state index contributed by atoms with van der Waals surface area (Å²) < 4.78 is 46.4. The van der Waals surface area contributed by atoms with Gasteiger partial charge in [-0.25, -0.2) is 17.5 Å². The van der Waals surface area contributed by atoms with Crippen molar-refractivity contribution in [1.29, 1.82) is 0 Å². The Morgan fingerprint density at radius 1 is 1.00 bits per heavy atom. The molecule has 3 aromatic rings. The van der Waals surface area contributed by atoms with E-state index in [0.29, 0.717) is 17.0 Å². The molecule has 0 unspecified atom stereocenters. The van der Waals surface area contributed by atoms with Gasteiger partial charge in [0, 0.05) is 12.6 Å². The van der Waals surface area contributed by atoms with Gasteiger partial charge in [-0.1, -0.05) is 18.2 Å². The molecule has 35 heavy (non-hydrogen) atoms. The molecule has 1 fully saturated rings. The second-order valence-corrected chi connectivity index (χ2v) is 10.2. The van der Waals surface area contributed by atoms with Gasteiger partial charge in [-0.3, -0.25) is 9.59 Å². The first-order valence-corrected chi connectivity index (χ1v) is 12.4. The molecule has 0 radical (unpaired) electrons. The number of carbonyl (C=O) groups excluding carboxylic acids is 2. The van der Waals surface area contributed by atoms with Gasteiger partial charge in [-0.05, 0) is 66.1 Å². The first kappa shape index (κ1) is 23.0. The Labute approximate surface area is 201 Å². The van der Waals surface area contributed by atoms with E-state index in [1.165, 1.54) is 17.0 Å². The van der Waals surface area contributed by atoms with Crippen LogP contribution in [0.3, 0.4) is 0 Å². The zero-order chi connectivity index (χ0) is 24.7. The molecule has 2 aliphatic rings. The minimum absolute atomic E-state index is 0.0313. The first-order valence-electron chi connectivity index (χ1n) is 10.9. The van der Waals surface area contributed by atoms with E-state index in [9.17, 15) is 22.4 Å². The van der Waals surface area contributed by atoms with Crippen molar-refractivity contribution in [3.05, 3.63) is 78.1 Å². The fourth-order valence-corrected chi connectivity index (χ4v) is 5.70. The van der Waals surface area contributed by atoms with Crippen LogP contribution in [0.4, 0.5) is 10.1 Å². The number of halogens is 1. The number of hydrogen-bond acceptors (Lipinski definition) is 5. The monoisotopic (exact) mass is 495 g/mol. The maximum Gasteiger partial charge on any atom is 0.256 e. The van der Waals surface area contributed by atoms with Gasteiger partial charge < -0.3 is 15.0 Å². The van der Waals surface area contributed by atoms with E-state index in [-0.39, 0.29) is 29.7 Å². The van der Waals surface area contributed by atoms with E-state index < -0.39 is 27.9 Å². The van der Waals surface area contributed by atoms with E-state index in [1.807, 2.05) is 30.3 Å². The molecular formula is C25H22FN3O5S. The SMILES string of the molecule is COc1ccc(-c2ccc3c(c2)C(=O)N2C[C@@H](NS(=O)(=O)c4ccc(F)cc4)C[C@H]2C(=O)N3)cc1. The minimum atomic E-state index is -3.95. The van der Waals surface area contributed by atoms with Crippen LogP contribution in [0, 0.1) is 5.82 Å². The summed E-state index contributed by atoms with van der Waals surface area (Å²) in [5.41, 5.74) is 2.41. The van der Waals surface area contributed by atoms with Crippen LogP contribution < -0.4 is 14.8 Å². The lowest BCUT2D eigenvalue weighted by atomic mass is 10.0. The number of nitrogens with zero attached hydrogens (tertiary/aromatic N) is 1. The van der Waals surface area contributed by atoms with Crippen LogP contribution in [0.25, 0.3) is 11.1 Å². The summed E-state index contributed by atoms with van der Waals surface area (Å²) in [5.74, 6) is -0.575. The van der Waals surface area contributed by atoms with Crippen LogP contribution >= 0.6 is 0 Å². The van der Waals surface area contributed by atoms with Gasteiger partial charge in [0.05, 0.1) is 23.3 Å². The van der Waals surface area contributed by atoms with Gasteiger partial charge in [0.25, 0.3) is 5.91 Å². The zero-order valence-electron chi connectivity index (χ0n) is 18.7. The van der Waals surface area contributed by atoms with E-state index in [0.717, 1.165) is 23.3 Å². The fourth-order valence-electron chi connectivity index (χ4n) is 4.46. The van der Waals surface area contributed by atoms with Crippen LogP contribution in [0.1, 0.15) is 16.8 Å². The van der Waals surface area contributed by atoms with Crippen molar-refractivity contribution < 1.29 is 27.1 Å². The molecule has 0 bridgehead atoms. The van der Waals surface area contributed by atoms with E-state index >= 15 is 0 Å². The van der Waals surface area contributed by atoms with Crippen LogP contribution in [0.5, 0.6) is 5.75 Å². The van der Waals surface area contributed by atoms with Crippen LogP contribution in [0.2, 0.25) is 0 Å². The predicted molar refractivity (Wildman–Crippen MR) is 127 cm³/mol. The molecule has 0 saturated carbocycles. The quantitative estimate of drug-likeness (QED) is 0.566. The lowest BCUT2D eigenvalue weighted by molar-refractivity contribution is -0.119. The molecule has 2 atom stereocenters. The minimum Gasteiger partial charge on any atom is -0.497 e. The second kappa shape index (κ2) is 8.79. The maximum absolute atomic E-state index is 13.5. The van der Waals surface area contributed by atoms with Crippen LogP contribution in [0.15, 0.2) is 71.6 Å². The summed E-state index contributed by atoms with van der Waals surface area (Å²) in [7, 11) is -2.37. The predicted octanol–water partition coefficient (Wildman–Crippen LogP) is 3.02. The van der Waals surface area contributed by atoms with Crippen molar-refractivity contribution >= 4 is 27.5 Å². The molecule has 2 amide bonds. The van der Waals surface area contributed by atoms with Crippen molar-refractivity contribution in [2.75, 3.05) is 19.0 Å². The molecule has 1 saturated heterocycles. The lowest BCUT2D eigenvalue weighted by Crippen LogP contribution is -2.41. The molecule has 0 aromatic heterocycles. The summed E-state index contributed by atoms with van der Waals surface area (Å²) in [6, 6.07) is 15.6. The number of methoxy groups -OCH3 is 1. The van der Waals surface area contributed by atoms with Gasteiger partial charge in [0.1, 0.15) is 17.6 Å². The highest BCUT2D eigenvalue weighted by molar-refractivity contribution is 7.89. The van der Waals surface area contributed by atoms with Crippen molar-refractivity contribution in [3.8, 4) is 16.9 Å². The van der Waals surface area contributed by atoms with Gasteiger partial charge >= 0.3 is 0 Å². The number of rotatable bonds is 5. The smallest absolute Gasteiger partial charge is 0.256 e. The second-order valence-electron chi connectivity index (χ2n) is 8.46. The summed E-state index contributed by atoms with van der Waals surface area (Å²) in [6.07, 6.45) is 0.122. The standard InChI is InChI=1S/C25H22FN3O5S/c1-34-19-7-2-15(3-8-19)16-4-11-22-21(12-16)25(31)29-14-18(13-23(29)24(30)27-22)28-35(32,33)20-9-5-17(26)6-10-20/h2-12,18,23,28H,13-14H2,1H3,(H,27,30)/t18-,23-/m0/s1. The lowest BCUT2D eigenvalue weighted by Gasteiger charge is -2.20. The number of ether oxygens (including phenoxy) is 1. The van der Waals surface area contributed by atoms with E-state index in [1.54, 1.807) is 19.2 Å². The molecular weight excluding hydrogens is 473 g/mol. The van der Waals surface area contributed by atoms with E-state index in [4.69, 9.17) is 4.74 Å².